The summed E-state index contributed by atoms with van der Waals surface area (Å²) in [4.78, 5) is 0. The number of aliphatic hydroxyl groups excluding tert-OH is 1. The van der Waals surface area contributed by atoms with Crippen LogP contribution in [0.1, 0.15) is 44.9 Å². The fraction of sp³-hybridized carbons (Fsp3) is 0.600. The molecule has 0 amide bonds. The van der Waals surface area contributed by atoms with Crippen molar-refractivity contribution in [2.75, 3.05) is 12.4 Å². The first-order chi connectivity index (χ1) is 8.29. The average molecular weight is 268 g/mol. The molecule has 0 fully saturated rings. The van der Waals surface area contributed by atoms with Gasteiger partial charge in [0.1, 0.15) is 5.75 Å². The molecule has 0 saturated heterocycles. The number of hydrogen-bond acceptors (Lipinski definition) is 3. The molecule has 0 spiro atoms. The lowest BCUT2D eigenvalue weighted by atomic mass is 10.1. The van der Waals surface area contributed by atoms with E-state index >= 15 is 0 Å². The molecular formula is C15H24O2S. The number of aryl methyl sites for hydroxylation is 1. The van der Waals surface area contributed by atoms with Gasteiger partial charge in [0.2, 0.25) is 0 Å². The summed E-state index contributed by atoms with van der Waals surface area (Å²) in [5.74, 6) is 1.75. The standard InChI is InChI=1S/C15H24O2S/c1-11-6-7-14(13(10-11)12(2)16)17-8-9-18-15(3,4)5/h6-7,10,12,16H,8-9H2,1-5H3/t12-/m1/s1. The molecule has 0 aliphatic carbocycles. The Labute approximate surface area is 115 Å². The van der Waals surface area contributed by atoms with Gasteiger partial charge in [-0.1, -0.05) is 32.4 Å². The summed E-state index contributed by atoms with van der Waals surface area (Å²) in [6.07, 6.45) is -0.491. The van der Waals surface area contributed by atoms with Crippen LogP contribution in [-0.4, -0.2) is 22.2 Å². The van der Waals surface area contributed by atoms with Gasteiger partial charge in [-0.3, -0.25) is 0 Å². The van der Waals surface area contributed by atoms with Crippen molar-refractivity contribution in [2.45, 2.75) is 45.5 Å². The van der Waals surface area contributed by atoms with Gasteiger partial charge in [0, 0.05) is 16.1 Å². The highest BCUT2D eigenvalue weighted by atomic mass is 32.2. The second-order valence-electron chi connectivity index (χ2n) is 5.53. The molecular weight excluding hydrogens is 244 g/mol. The van der Waals surface area contributed by atoms with Crippen LogP contribution in [0, 0.1) is 6.92 Å². The third-order valence-electron chi connectivity index (χ3n) is 2.49. The van der Waals surface area contributed by atoms with Crippen LogP contribution in [0.15, 0.2) is 18.2 Å². The summed E-state index contributed by atoms with van der Waals surface area (Å²) in [6.45, 7) is 11.1. The van der Waals surface area contributed by atoms with Gasteiger partial charge in [-0.05, 0) is 26.0 Å². The summed E-state index contributed by atoms with van der Waals surface area (Å²) in [5.41, 5.74) is 2.01. The number of rotatable bonds is 5. The van der Waals surface area contributed by atoms with Gasteiger partial charge in [-0.15, -0.1) is 0 Å². The van der Waals surface area contributed by atoms with Gasteiger partial charge >= 0.3 is 0 Å². The predicted molar refractivity (Wildman–Crippen MR) is 79.5 cm³/mol. The Morgan fingerprint density at radius 2 is 2.00 bits per heavy atom. The first kappa shape index (κ1) is 15.4. The molecule has 18 heavy (non-hydrogen) atoms. The molecule has 3 heteroatoms. The van der Waals surface area contributed by atoms with Crippen LogP contribution in [0.4, 0.5) is 0 Å². The minimum atomic E-state index is -0.491. The lowest BCUT2D eigenvalue weighted by Crippen LogP contribution is -2.12. The monoisotopic (exact) mass is 268 g/mol. The van der Waals surface area contributed by atoms with E-state index in [2.05, 4.69) is 20.8 Å². The van der Waals surface area contributed by atoms with E-state index in [-0.39, 0.29) is 4.75 Å². The largest absolute Gasteiger partial charge is 0.492 e. The minimum Gasteiger partial charge on any atom is -0.492 e. The lowest BCUT2D eigenvalue weighted by molar-refractivity contribution is 0.192. The quantitative estimate of drug-likeness (QED) is 0.820. The number of benzene rings is 1. The van der Waals surface area contributed by atoms with Crippen molar-refractivity contribution in [3.63, 3.8) is 0 Å². The maximum Gasteiger partial charge on any atom is 0.125 e. The Balaban J connectivity index is 2.57. The van der Waals surface area contributed by atoms with Gasteiger partial charge in [-0.25, -0.2) is 0 Å². The molecule has 0 aliphatic rings. The number of ether oxygens (including phenoxy) is 1. The Morgan fingerprint density at radius 3 is 2.56 bits per heavy atom. The summed E-state index contributed by atoms with van der Waals surface area (Å²) in [7, 11) is 0. The summed E-state index contributed by atoms with van der Waals surface area (Å²) < 4.78 is 6.04. The molecule has 2 nitrogen and oxygen atoms in total. The van der Waals surface area contributed by atoms with Crippen molar-refractivity contribution < 1.29 is 9.84 Å². The van der Waals surface area contributed by atoms with E-state index in [4.69, 9.17) is 4.74 Å². The molecule has 1 N–H and O–H groups in total. The van der Waals surface area contributed by atoms with Gasteiger partial charge in [0.05, 0.1) is 12.7 Å². The van der Waals surface area contributed by atoms with Crippen LogP contribution in [0.3, 0.4) is 0 Å². The summed E-state index contributed by atoms with van der Waals surface area (Å²) >= 11 is 1.88. The molecule has 0 heterocycles. The Bertz CT molecular complexity index is 381. The molecule has 0 bridgehead atoms. The zero-order chi connectivity index (χ0) is 13.8. The second kappa shape index (κ2) is 6.48. The van der Waals surface area contributed by atoms with E-state index in [9.17, 15) is 5.11 Å². The van der Waals surface area contributed by atoms with E-state index in [1.165, 1.54) is 0 Å². The van der Waals surface area contributed by atoms with E-state index in [0.717, 1.165) is 22.6 Å². The van der Waals surface area contributed by atoms with Crippen LogP contribution < -0.4 is 4.74 Å². The van der Waals surface area contributed by atoms with Crippen LogP contribution in [-0.2, 0) is 0 Å². The number of hydrogen-bond donors (Lipinski definition) is 1. The lowest BCUT2D eigenvalue weighted by Gasteiger charge is -2.18. The topological polar surface area (TPSA) is 29.5 Å². The normalized spacial score (nSPS) is 13.4. The molecule has 0 saturated carbocycles. The molecule has 1 aromatic carbocycles. The van der Waals surface area contributed by atoms with E-state index in [1.807, 2.05) is 36.9 Å². The third kappa shape index (κ3) is 5.32. The highest BCUT2D eigenvalue weighted by Crippen LogP contribution is 2.27. The number of aliphatic hydroxyl groups is 1. The molecule has 0 unspecified atom stereocenters. The van der Waals surface area contributed by atoms with Crippen molar-refractivity contribution in [1.82, 2.24) is 0 Å². The summed E-state index contributed by atoms with van der Waals surface area (Å²) in [5, 5.41) is 9.73. The minimum absolute atomic E-state index is 0.268. The Morgan fingerprint density at radius 1 is 1.33 bits per heavy atom. The number of thioether (sulfide) groups is 1. The molecule has 1 atom stereocenters. The van der Waals surface area contributed by atoms with Crippen LogP contribution >= 0.6 is 11.8 Å². The van der Waals surface area contributed by atoms with E-state index in [1.54, 1.807) is 6.92 Å². The van der Waals surface area contributed by atoms with Crippen LogP contribution in [0.5, 0.6) is 5.75 Å². The van der Waals surface area contributed by atoms with Crippen molar-refractivity contribution in [1.29, 1.82) is 0 Å². The first-order valence-electron chi connectivity index (χ1n) is 6.35. The maximum atomic E-state index is 9.73. The molecule has 1 aromatic rings. The Kier molecular flexibility index (Phi) is 5.54. The molecule has 0 radical (unpaired) electrons. The van der Waals surface area contributed by atoms with Gasteiger partial charge in [-0.2, -0.15) is 11.8 Å². The Hall–Kier alpha value is -0.670. The SMILES string of the molecule is Cc1ccc(OCCSC(C)(C)C)c([C@@H](C)O)c1. The van der Waals surface area contributed by atoms with Crippen LogP contribution in [0.2, 0.25) is 0 Å². The fourth-order valence-electron chi connectivity index (χ4n) is 1.63. The van der Waals surface area contributed by atoms with Gasteiger partial charge < -0.3 is 9.84 Å². The van der Waals surface area contributed by atoms with Gasteiger partial charge in [0.25, 0.3) is 0 Å². The molecule has 0 aromatic heterocycles. The van der Waals surface area contributed by atoms with Crippen molar-refractivity contribution in [3.8, 4) is 5.75 Å². The molecule has 0 aliphatic heterocycles. The summed E-state index contributed by atoms with van der Waals surface area (Å²) in [6, 6.07) is 5.94. The zero-order valence-corrected chi connectivity index (χ0v) is 12.8. The van der Waals surface area contributed by atoms with E-state index in [0.29, 0.717) is 6.61 Å². The maximum absolute atomic E-state index is 9.73. The average Bonchev–Trinajstić information content (AvgIpc) is 2.24. The van der Waals surface area contributed by atoms with Crippen molar-refractivity contribution in [3.05, 3.63) is 29.3 Å². The van der Waals surface area contributed by atoms with Gasteiger partial charge in [0.15, 0.2) is 0 Å². The van der Waals surface area contributed by atoms with Crippen molar-refractivity contribution in [2.24, 2.45) is 0 Å². The third-order valence-corrected chi connectivity index (χ3v) is 3.73. The molecule has 1 rings (SSSR count). The smallest absolute Gasteiger partial charge is 0.125 e. The van der Waals surface area contributed by atoms with Crippen molar-refractivity contribution >= 4 is 11.8 Å². The second-order valence-corrected chi connectivity index (χ2v) is 7.45. The zero-order valence-electron chi connectivity index (χ0n) is 12.0. The van der Waals surface area contributed by atoms with E-state index < -0.39 is 6.10 Å². The predicted octanol–water partition coefficient (Wildman–Crippen LogP) is 3.96. The fourth-order valence-corrected chi connectivity index (χ4v) is 2.40. The first-order valence-corrected chi connectivity index (χ1v) is 7.33. The highest BCUT2D eigenvalue weighted by molar-refractivity contribution is 8.00. The van der Waals surface area contributed by atoms with Crippen LogP contribution in [0.25, 0.3) is 0 Å². The highest BCUT2D eigenvalue weighted by Gasteiger charge is 2.12. The molecule has 102 valence electrons.